The molecule has 0 saturated heterocycles. The highest BCUT2D eigenvalue weighted by Gasteiger charge is 2.12. The summed E-state index contributed by atoms with van der Waals surface area (Å²) < 4.78 is 0.996. The lowest BCUT2D eigenvalue weighted by atomic mass is 10.3. The van der Waals surface area contributed by atoms with Crippen molar-refractivity contribution in [2.75, 3.05) is 0 Å². The molecular formula is C10H6Cl2N2O2S. The number of aromatic nitrogens is 2. The minimum Gasteiger partial charge on any atom is -0.291 e. The number of hydrogen-bond acceptors (Lipinski definition) is 4. The molecule has 2 heterocycles. The maximum absolute atomic E-state index is 11.8. The summed E-state index contributed by atoms with van der Waals surface area (Å²) in [6.45, 7) is -0.143. The summed E-state index contributed by atoms with van der Waals surface area (Å²) in [5, 5.41) is 5.51. The second-order valence-corrected chi connectivity index (χ2v) is 4.90. The minimum atomic E-state index is -0.566. The molecule has 0 saturated carbocycles. The second-order valence-electron chi connectivity index (χ2n) is 3.17. The molecule has 88 valence electrons. The number of ketones is 1. The fourth-order valence-electron chi connectivity index (χ4n) is 1.21. The zero-order valence-corrected chi connectivity index (χ0v) is 10.7. The molecule has 7 heteroatoms. The summed E-state index contributed by atoms with van der Waals surface area (Å²) >= 11 is 12.6. The maximum atomic E-state index is 11.8. The van der Waals surface area contributed by atoms with Crippen LogP contribution in [-0.2, 0) is 6.54 Å². The van der Waals surface area contributed by atoms with Crippen molar-refractivity contribution in [1.82, 2.24) is 9.78 Å². The molecule has 17 heavy (non-hydrogen) atoms. The Morgan fingerprint density at radius 2 is 2.24 bits per heavy atom. The van der Waals surface area contributed by atoms with Crippen LogP contribution in [0, 0.1) is 0 Å². The number of thiophene rings is 1. The first kappa shape index (κ1) is 12.3. The third kappa shape index (κ3) is 2.57. The van der Waals surface area contributed by atoms with Gasteiger partial charge in [0.25, 0.3) is 5.56 Å². The summed E-state index contributed by atoms with van der Waals surface area (Å²) in [4.78, 5) is 24.0. The summed E-state index contributed by atoms with van der Waals surface area (Å²) in [5.74, 6) is -0.187. The highest BCUT2D eigenvalue weighted by atomic mass is 35.5. The summed E-state index contributed by atoms with van der Waals surface area (Å²) in [5.41, 5.74) is -0.566. The Kier molecular flexibility index (Phi) is 3.61. The molecule has 0 atom stereocenters. The Morgan fingerprint density at radius 1 is 1.47 bits per heavy atom. The van der Waals surface area contributed by atoms with Gasteiger partial charge in [0.15, 0.2) is 5.78 Å². The Hall–Kier alpha value is -1.17. The third-order valence-electron chi connectivity index (χ3n) is 2.03. The Bertz CT molecular complexity index is 607. The fourth-order valence-corrected chi connectivity index (χ4v) is 2.14. The second kappa shape index (κ2) is 5.00. The van der Waals surface area contributed by atoms with Crippen molar-refractivity contribution in [2.45, 2.75) is 6.54 Å². The molecule has 2 aromatic rings. The predicted octanol–water partition coefficient (Wildman–Crippen LogP) is 2.49. The van der Waals surface area contributed by atoms with Gasteiger partial charge in [-0.15, -0.1) is 11.3 Å². The quantitative estimate of drug-likeness (QED) is 0.816. The van der Waals surface area contributed by atoms with E-state index in [4.69, 9.17) is 23.2 Å². The minimum absolute atomic E-state index is 0.0801. The van der Waals surface area contributed by atoms with Crippen LogP contribution in [0.4, 0.5) is 0 Å². The number of carbonyl (C=O) groups excluding carboxylic acids is 1. The van der Waals surface area contributed by atoms with Crippen LogP contribution in [-0.4, -0.2) is 15.6 Å². The van der Waals surface area contributed by atoms with E-state index < -0.39 is 5.56 Å². The zero-order chi connectivity index (χ0) is 12.4. The average molecular weight is 289 g/mol. The standard InChI is InChI=1S/C10H6Cl2N2O2S/c11-6-4-13-14(10(16)9(6)12)5-7(15)8-2-1-3-17-8/h1-4H,5H2. The first-order chi connectivity index (χ1) is 8.09. The summed E-state index contributed by atoms with van der Waals surface area (Å²) in [6, 6.07) is 3.46. The van der Waals surface area contributed by atoms with E-state index in [1.807, 2.05) is 0 Å². The normalized spacial score (nSPS) is 10.5. The molecule has 0 aromatic carbocycles. The van der Waals surface area contributed by atoms with Crippen LogP contribution in [0.15, 0.2) is 28.5 Å². The molecule has 0 aliphatic rings. The number of Topliss-reactive ketones (excluding diaryl/α,β-unsaturated/α-hetero) is 1. The molecule has 0 aliphatic carbocycles. The molecule has 4 nitrogen and oxygen atoms in total. The Morgan fingerprint density at radius 3 is 2.88 bits per heavy atom. The van der Waals surface area contributed by atoms with E-state index >= 15 is 0 Å². The van der Waals surface area contributed by atoms with Crippen molar-refractivity contribution < 1.29 is 4.79 Å². The third-order valence-corrected chi connectivity index (χ3v) is 3.69. The van der Waals surface area contributed by atoms with Gasteiger partial charge in [-0.05, 0) is 11.4 Å². The van der Waals surface area contributed by atoms with E-state index in [0.717, 1.165) is 4.68 Å². The van der Waals surface area contributed by atoms with Gasteiger partial charge >= 0.3 is 0 Å². The van der Waals surface area contributed by atoms with E-state index in [1.165, 1.54) is 17.5 Å². The van der Waals surface area contributed by atoms with Gasteiger partial charge in [-0.25, -0.2) is 4.68 Å². The van der Waals surface area contributed by atoms with E-state index in [1.54, 1.807) is 17.5 Å². The SMILES string of the molecule is O=C(Cn1ncc(Cl)c(Cl)c1=O)c1cccs1. The average Bonchev–Trinajstić information content (AvgIpc) is 2.83. The van der Waals surface area contributed by atoms with Gasteiger partial charge in [-0.2, -0.15) is 5.10 Å². The van der Waals surface area contributed by atoms with Crippen LogP contribution < -0.4 is 5.56 Å². The van der Waals surface area contributed by atoms with Gasteiger partial charge < -0.3 is 0 Å². The molecule has 2 rings (SSSR count). The number of rotatable bonds is 3. The van der Waals surface area contributed by atoms with E-state index in [2.05, 4.69) is 5.10 Å². The van der Waals surface area contributed by atoms with Crippen molar-refractivity contribution in [3.63, 3.8) is 0 Å². The lowest BCUT2D eigenvalue weighted by Gasteiger charge is -2.03. The van der Waals surface area contributed by atoms with Crippen LogP contribution in [0.1, 0.15) is 9.67 Å². The summed E-state index contributed by atoms with van der Waals surface area (Å²) in [6.07, 6.45) is 1.24. The van der Waals surface area contributed by atoms with E-state index in [9.17, 15) is 9.59 Å². The largest absolute Gasteiger partial charge is 0.291 e. The lowest BCUT2D eigenvalue weighted by molar-refractivity contribution is 0.0969. The van der Waals surface area contributed by atoms with Crippen LogP contribution in [0.25, 0.3) is 0 Å². The number of carbonyl (C=O) groups is 1. The van der Waals surface area contributed by atoms with Gasteiger partial charge in [-0.1, -0.05) is 29.3 Å². The lowest BCUT2D eigenvalue weighted by Crippen LogP contribution is -2.26. The van der Waals surface area contributed by atoms with Gasteiger partial charge in [0.05, 0.1) is 16.1 Å². The highest BCUT2D eigenvalue weighted by Crippen LogP contribution is 2.15. The van der Waals surface area contributed by atoms with Crippen LogP contribution in [0.5, 0.6) is 0 Å². The molecule has 0 unspecified atom stereocenters. The number of nitrogens with zero attached hydrogens (tertiary/aromatic N) is 2. The van der Waals surface area contributed by atoms with Crippen molar-refractivity contribution in [1.29, 1.82) is 0 Å². The fraction of sp³-hybridized carbons (Fsp3) is 0.100. The van der Waals surface area contributed by atoms with E-state index in [-0.39, 0.29) is 22.4 Å². The molecule has 2 aromatic heterocycles. The highest BCUT2D eigenvalue weighted by molar-refractivity contribution is 7.12. The molecule has 0 bridgehead atoms. The topological polar surface area (TPSA) is 52.0 Å². The van der Waals surface area contributed by atoms with E-state index in [0.29, 0.717) is 4.88 Å². The monoisotopic (exact) mass is 288 g/mol. The van der Waals surface area contributed by atoms with Gasteiger partial charge in [-0.3, -0.25) is 9.59 Å². The first-order valence-electron chi connectivity index (χ1n) is 4.57. The summed E-state index contributed by atoms with van der Waals surface area (Å²) in [7, 11) is 0. The smallest absolute Gasteiger partial charge is 0.287 e. The molecule has 0 N–H and O–H groups in total. The Balaban J connectivity index is 2.29. The van der Waals surface area contributed by atoms with Crippen molar-refractivity contribution >= 4 is 40.3 Å². The van der Waals surface area contributed by atoms with Gasteiger partial charge in [0.1, 0.15) is 11.6 Å². The zero-order valence-electron chi connectivity index (χ0n) is 8.39. The molecule has 0 aliphatic heterocycles. The van der Waals surface area contributed by atoms with Crippen LogP contribution in [0.2, 0.25) is 10.0 Å². The number of halogens is 2. The molecule has 0 amide bonds. The van der Waals surface area contributed by atoms with Crippen LogP contribution >= 0.6 is 34.5 Å². The molecular weight excluding hydrogens is 283 g/mol. The van der Waals surface area contributed by atoms with Gasteiger partial charge in [0.2, 0.25) is 0 Å². The molecule has 0 fully saturated rings. The predicted molar refractivity (Wildman–Crippen MR) is 67.2 cm³/mol. The Labute approximate surface area is 110 Å². The molecule has 0 spiro atoms. The number of hydrogen-bond donors (Lipinski definition) is 0. The maximum Gasteiger partial charge on any atom is 0.287 e. The van der Waals surface area contributed by atoms with Gasteiger partial charge in [0, 0.05) is 0 Å². The van der Waals surface area contributed by atoms with Crippen molar-refractivity contribution in [3.05, 3.63) is 49.0 Å². The molecule has 0 radical (unpaired) electrons. The van der Waals surface area contributed by atoms with Crippen molar-refractivity contribution in [3.8, 4) is 0 Å². The van der Waals surface area contributed by atoms with Crippen LogP contribution in [0.3, 0.4) is 0 Å². The van der Waals surface area contributed by atoms with Crippen molar-refractivity contribution in [2.24, 2.45) is 0 Å². The first-order valence-corrected chi connectivity index (χ1v) is 6.21.